The Morgan fingerprint density at radius 1 is 1.11 bits per heavy atom. The van der Waals surface area contributed by atoms with Gasteiger partial charge in [0.1, 0.15) is 11.9 Å². The van der Waals surface area contributed by atoms with E-state index in [-0.39, 0.29) is 5.82 Å². The summed E-state index contributed by atoms with van der Waals surface area (Å²) in [5.41, 5.74) is 4.07. The average molecular weight is 258 g/mol. The van der Waals surface area contributed by atoms with E-state index in [1.54, 1.807) is 12.1 Å². The van der Waals surface area contributed by atoms with E-state index in [2.05, 4.69) is 0 Å². The van der Waals surface area contributed by atoms with Crippen LogP contribution in [0.3, 0.4) is 0 Å². The molecule has 1 N–H and O–H groups in total. The Balaban J connectivity index is 1.97. The Hall–Kier alpha value is -1.71. The molecule has 0 aliphatic carbocycles. The highest BCUT2D eigenvalue weighted by Crippen LogP contribution is 2.28. The van der Waals surface area contributed by atoms with Crippen LogP contribution >= 0.6 is 0 Å². The minimum atomic E-state index is -0.938. The monoisotopic (exact) mass is 258 g/mol. The summed E-state index contributed by atoms with van der Waals surface area (Å²) in [6.07, 6.45) is -0.938. The summed E-state index contributed by atoms with van der Waals surface area (Å²) in [5.74, 6) is -0.371. The molecule has 0 aromatic heterocycles. The highest BCUT2D eigenvalue weighted by atomic mass is 19.1. The second-order valence-corrected chi connectivity index (χ2v) is 4.95. The molecule has 1 unspecified atom stereocenters. The number of benzene rings is 2. The van der Waals surface area contributed by atoms with Crippen molar-refractivity contribution in [2.75, 3.05) is 0 Å². The van der Waals surface area contributed by atoms with Gasteiger partial charge in [0.15, 0.2) is 0 Å². The Kier molecular flexibility index (Phi) is 3.09. The van der Waals surface area contributed by atoms with Crippen molar-refractivity contribution in [3.05, 3.63) is 70.0 Å². The van der Waals surface area contributed by atoms with Gasteiger partial charge in [0.2, 0.25) is 0 Å². The summed E-state index contributed by atoms with van der Waals surface area (Å²) < 4.78 is 19.2. The molecule has 98 valence electrons. The molecule has 1 heterocycles. The fourth-order valence-electron chi connectivity index (χ4n) is 2.40. The Labute approximate surface area is 111 Å². The van der Waals surface area contributed by atoms with Crippen molar-refractivity contribution in [1.29, 1.82) is 0 Å². The van der Waals surface area contributed by atoms with Crippen LogP contribution in [0.25, 0.3) is 0 Å². The number of ether oxygens (including phenoxy) is 1. The first kappa shape index (κ1) is 12.3. The van der Waals surface area contributed by atoms with E-state index < -0.39 is 6.10 Å². The SMILES string of the molecule is Cc1ccc(C(O)c2ccc3c(c2)COC3)c(F)c1. The number of aliphatic hydroxyl groups excluding tert-OH is 1. The molecule has 0 spiro atoms. The van der Waals surface area contributed by atoms with Crippen molar-refractivity contribution in [2.45, 2.75) is 26.2 Å². The van der Waals surface area contributed by atoms with Crippen LogP contribution < -0.4 is 0 Å². The molecule has 1 aliphatic heterocycles. The summed E-state index contributed by atoms with van der Waals surface area (Å²) in [4.78, 5) is 0. The van der Waals surface area contributed by atoms with E-state index in [1.807, 2.05) is 25.1 Å². The van der Waals surface area contributed by atoms with E-state index in [1.165, 1.54) is 6.07 Å². The van der Waals surface area contributed by atoms with Crippen molar-refractivity contribution >= 4 is 0 Å². The van der Waals surface area contributed by atoms with Crippen molar-refractivity contribution in [3.8, 4) is 0 Å². The van der Waals surface area contributed by atoms with E-state index in [4.69, 9.17) is 4.74 Å². The van der Waals surface area contributed by atoms with Crippen LogP contribution in [0.15, 0.2) is 36.4 Å². The molecule has 0 radical (unpaired) electrons. The predicted molar refractivity (Wildman–Crippen MR) is 70.1 cm³/mol. The largest absolute Gasteiger partial charge is 0.384 e. The van der Waals surface area contributed by atoms with Crippen LogP contribution in [0.1, 0.15) is 33.9 Å². The lowest BCUT2D eigenvalue weighted by Crippen LogP contribution is -2.03. The van der Waals surface area contributed by atoms with Crippen LogP contribution in [0, 0.1) is 12.7 Å². The Morgan fingerprint density at radius 3 is 2.68 bits per heavy atom. The normalized spacial score (nSPS) is 15.3. The van der Waals surface area contributed by atoms with Gasteiger partial charge in [-0.1, -0.05) is 30.3 Å². The predicted octanol–water partition coefficient (Wildman–Crippen LogP) is 3.25. The third-order valence-corrected chi connectivity index (χ3v) is 3.51. The van der Waals surface area contributed by atoms with Gasteiger partial charge in [0, 0.05) is 5.56 Å². The number of halogens is 1. The molecule has 2 nitrogen and oxygen atoms in total. The first-order valence-corrected chi connectivity index (χ1v) is 6.29. The number of aliphatic hydroxyl groups is 1. The third kappa shape index (κ3) is 2.27. The summed E-state index contributed by atoms with van der Waals surface area (Å²) in [7, 11) is 0. The average Bonchev–Trinajstić information content (AvgIpc) is 2.85. The highest BCUT2D eigenvalue weighted by Gasteiger charge is 2.18. The van der Waals surface area contributed by atoms with Crippen LogP contribution in [0.4, 0.5) is 4.39 Å². The molecule has 0 bridgehead atoms. The molecule has 1 aliphatic rings. The zero-order valence-corrected chi connectivity index (χ0v) is 10.7. The minimum absolute atomic E-state index is 0.310. The van der Waals surface area contributed by atoms with E-state index in [0.29, 0.717) is 24.3 Å². The van der Waals surface area contributed by atoms with E-state index >= 15 is 0 Å². The van der Waals surface area contributed by atoms with Crippen LogP contribution in [-0.2, 0) is 18.0 Å². The Bertz CT molecular complexity index is 622. The van der Waals surface area contributed by atoms with E-state index in [9.17, 15) is 9.50 Å². The van der Waals surface area contributed by atoms with E-state index in [0.717, 1.165) is 16.7 Å². The summed E-state index contributed by atoms with van der Waals surface area (Å²) in [6.45, 7) is 3.00. The molecule has 2 aromatic carbocycles. The third-order valence-electron chi connectivity index (χ3n) is 3.51. The number of hydrogen-bond acceptors (Lipinski definition) is 2. The summed E-state index contributed by atoms with van der Waals surface area (Å²) >= 11 is 0. The van der Waals surface area contributed by atoms with Gasteiger partial charge in [-0.3, -0.25) is 0 Å². The molecular weight excluding hydrogens is 243 g/mol. The molecule has 19 heavy (non-hydrogen) atoms. The zero-order chi connectivity index (χ0) is 13.4. The van der Waals surface area contributed by atoms with Crippen molar-refractivity contribution in [1.82, 2.24) is 0 Å². The maximum absolute atomic E-state index is 13.9. The second kappa shape index (κ2) is 4.76. The van der Waals surface area contributed by atoms with Gasteiger partial charge in [-0.05, 0) is 35.2 Å². The van der Waals surface area contributed by atoms with Gasteiger partial charge in [0.05, 0.1) is 13.2 Å². The van der Waals surface area contributed by atoms with Gasteiger partial charge >= 0.3 is 0 Å². The van der Waals surface area contributed by atoms with Gasteiger partial charge in [-0.2, -0.15) is 0 Å². The molecule has 2 aromatic rings. The van der Waals surface area contributed by atoms with Crippen LogP contribution in [-0.4, -0.2) is 5.11 Å². The lowest BCUT2D eigenvalue weighted by atomic mass is 9.97. The number of rotatable bonds is 2. The van der Waals surface area contributed by atoms with Gasteiger partial charge in [0.25, 0.3) is 0 Å². The Morgan fingerprint density at radius 2 is 1.89 bits per heavy atom. The van der Waals surface area contributed by atoms with Gasteiger partial charge < -0.3 is 9.84 Å². The topological polar surface area (TPSA) is 29.5 Å². The fraction of sp³-hybridized carbons (Fsp3) is 0.250. The fourth-order valence-corrected chi connectivity index (χ4v) is 2.40. The molecule has 3 heteroatoms. The van der Waals surface area contributed by atoms with Gasteiger partial charge in [-0.15, -0.1) is 0 Å². The first-order valence-electron chi connectivity index (χ1n) is 6.29. The molecular formula is C16H15FO2. The standard InChI is InChI=1S/C16H15FO2/c1-10-2-5-14(15(17)6-10)16(18)11-3-4-12-8-19-9-13(12)7-11/h2-7,16,18H,8-9H2,1H3. The molecule has 3 rings (SSSR count). The summed E-state index contributed by atoms with van der Waals surface area (Å²) in [6, 6.07) is 10.5. The van der Waals surface area contributed by atoms with Crippen molar-refractivity contribution < 1.29 is 14.2 Å². The lowest BCUT2D eigenvalue weighted by molar-refractivity contribution is 0.134. The van der Waals surface area contributed by atoms with Crippen LogP contribution in [0.5, 0.6) is 0 Å². The van der Waals surface area contributed by atoms with Crippen molar-refractivity contribution in [3.63, 3.8) is 0 Å². The molecule has 0 fully saturated rings. The maximum atomic E-state index is 13.9. The molecule has 0 saturated carbocycles. The molecule has 0 amide bonds. The summed E-state index contributed by atoms with van der Waals surface area (Å²) in [5, 5.41) is 10.3. The second-order valence-electron chi connectivity index (χ2n) is 4.95. The number of fused-ring (bicyclic) bond motifs is 1. The smallest absolute Gasteiger partial charge is 0.129 e. The van der Waals surface area contributed by atoms with Crippen molar-refractivity contribution in [2.24, 2.45) is 0 Å². The molecule has 0 saturated heterocycles. The minimum Gasteiger partial charge on any atom is -0.384 e. The highest BCUT2D eigenvalue weighted by molar-refractivity contribution is 5.38. The quantitative estimate of drug-likeness (QED) is 0.896. The molecule has 1 atom stereocenters. The lowest BCUT2D eigenvalue weighted by Gasteiger charge is -2.14. The zero-order valence-electron chi connectivity index (χ0n) is 10.7. The van der Waals surface area contributed by atoms with Gasteiger partial charge in [-0.25, -0.2) is 4.39 Å². The number of aryl methyl sites for hydroxylation is 1. The first-order chi connectivity index (χ1) is 9.15. The number of hydrogen-bond donors (Lipinski definition) is 1. The maximum Gasteiger partial charge on any atom is 0.129 e. The van der Waals surface area contributed by atoms with Crippen LogP contribution in [0.2, 0.25) is 0 Å².